The number of hydrogen-bond acceptors (Lipinski definition) is 6. The van der Waals surface area contributed by atoms with Crippen LogP contribution in [0.1, 0.15) is 25.8 Å². The summed E-state index contributed by atoms with van der Waals surface area (Å²) in [6.45, 7) is 3.15. The molecule has 1 saturated heterocycles. The third-order valence-corrected chi connectivity index (χ3v) is 3.65. The minimum absolute atomic E-state index is 0.0418. The molecule has 1 aromatic rings. The van der Waals surface area contributed by atoms with Gasteiger partial charge in [-0.15, -0.1) is 0 Å². The van der Waals surface area contributed by atoms with Crippen LogP contribution in [-0.2, 0) is 9.59 Å². The van der Waals surface area contributed by atoms with Crippen LogP contribution in [-0.4, -0.2) is 53.3 Å². The van der Waals surface area contributed by atoms with Crippen molar-refractivity contribution in [3.63, 3.8) is 0 Å². The van der Waals surface area contributed by atoms with Crippen molar-refractivity contribution in [2.45, 2.75) is 25.8 Å². The number of carbonyl (C=O) groups is 3. The van der Waals surface area contributed by atoms with Crippen LogP contribution in [0.2, 0.25) is 0 Å². The van der Waals surface area contributed by atoms with Crippen molar-refractivity contribution < 1.29 is 24.2 Å². The number of carbonyl (C=O) groups excluding carboxylic acids is 3. The average molecular weight is 348 g/mol. The molecule has 1 aromatic carbocycles. The fraction of sp³-hybridized carbons (Fsp3) is 0.375. The first kappa shape index (κ1) is 18.2. The Labute approximate surface area is 144 Å². The lowest BCUT2D eigenvalue weighted by molar-refractivity contribution is -0.130. The molecule has 0 atom stereocenters. The Morgan fingerprint density at radius 3 is 2.76 bits per heavy atom. The van der Waals surface area contributed by atoms with Crippen LogP contribution >= 0.6 is 0 Å². The highest BCUT2D eigenvalue weighted by Crippen LogP contribution is 2.27. The molecule has 0 bridgehead atoms. The van der Waals surface area contributed by atoms with Gasteiger partial charge in [-0.3, -0.25) is 14.5 Å². The number of benzene rings is 1. The molecular weight excluding hydrogens is 328 g/mol. The first-order valence-corrected chi connectivity index (χ1v) is 7.58. The monoisotopic (exact) mass is 348 g/mol. The number of hydrazone groups is 1. The maximum Gasteiger partial charge on any atom is 0.325 e. The number of urea groups is 1. The second kappa shape index (κ2) is 7.20. The molecule has 4 amide bonds. The van der Waals surface area contributed by atoms with Gasteiger partial charge in [0, 0.05) is 18.5 Å². The molecule has 0 aliphatic carbocycles. The lowest BCUT2D eigenvalue weighted by Gasteiger charge is -2.15. The summed E-state index contributed by atoms with van der Waals surface area (Å²) in [6, 6.07) is 4.34. The van der Waals surface area contributed by atoms with Crippen LogP contribution in [0.4, 0.5) is 4.79 Å². The van der Waals surface area contributed by atoms with Gasteiger partial charge in [-0.25, -0.2) is 10.2 Å². The zero-order valence-corrected chi connectivity index (χ0v) is 14.2. The summed E-state index contributed by atoms with van der Waals surface area (Å²) in [4.78, 5) is 36.5. The van der Waals surface area contributed by atoms with E-state index < -0.39 is 17.5 Å². The number of hydrogen-bond donors (Lipinski definition) is 3. The molecule has 1 aliphatic rings. The van der Waals surface area contributed by atoms with Gasteiger partial charge >= 0.3 is 6.03 Å². The van der Waals surface area contributed by atoms with E-state index in [2.05, 4.69) is 15.8 Å². The Hall–Kier alpha value is -3.10. The molecule has 25 heavy (non-hydrogen) atoms. The summed E-state index contributed by atoms with van der Waals surface area (Å²) >= 11 is 0. The standard InChI is InChI=1S/C16H20N4O5/c1-16(2)14(23)20(15(24)18-16)8-7-12(21)19-17-9-10-5-4-6-11(25-3)13(10)22/h4-6,9,22H,7-8H2,1-3H3,(H,18,24)(H,19,21)/b17-9+. The van der Waals surface area contributed by atoms with Crippen molar-refractivity contribution >= 4 is 24.1 Å². The number of methoxy groups -OCH3 is 1. The van der Waals surface area contributed by atoms with E-state index in [-0.39, 0.29) is 30.4 Å². The number of nitrogens with zero attached hydrogens (tertiary/aromatic N) is 2. The first-order chi connectivity index (χ1) is 11.8. The molecule has 0 unspecified atom stereocenters. The van der Waals surface area contributed by atoms with Crippen LogP contribution < -0.4 is 15.5 Å². The minimum atomic E-state index is -0.963. The van der Waals surface area contributed by atoms with Crippen molar-refractivity contribution in [3.05, 3.63) is 23.8 Å². The van der Waals surface area contributed by atoms with Gasteiger partial charge in [0.1, 0.15) is 5.54 Å². The predicted molar refractivity (Wildman–Crippen MR) is 89.3 cm³/mol. The summed E-state index contributed by atoms with van der Waals surface area (Å²) in [5.74, 6) is -0.653. The topological polar surface area (TPSA) is 120 Å². The van der Waals surface area contributed by atoms with E-state index in [0.29, 0.717) is 5.56 Å². The maximum absolute atomic E-state index is 12.0. The first-order valence-electron chi connectivity index (χ1n) is 7.58. The number of amides is 4. The fourth-order valence-electron chi connectivity index (χ4n) is 2.27. The van der Waals surface area contributed by atoms with Crippen molar-refractivity contribution in [2.24, 2.45) is 5.10 Å². The normalized spacial score (nSPS) is 16.2. The molecule has 0 radical (unpaired) electrons. The van der Waals surface area contributed by atoms with E-state index in [1.807, 2.05) is 0 Å². The Kier molecular flexibility index (Phi) is 5.26. The summed E-state index contributed by atoms with van der Waals surface area (Å²) < 4.78 is 4.97. The third-order valence-electron chi connectivity index (χ3n) is 3.65. The quantitative estimate of drug-likeness (QED) is 0.394. The fourth-order valence-corrected chi connectivity index (χ4v) is 2.27. The molecule has 9 heteroatoms. The Balaban J connectivity index is 1.87. The number of para-hydroxylation sites is 1. The number of aromatic hydroxyl groups is 1. The Morgan fingerprint density at radius 2 is 2.16 bits per heavy atom. The van der Waals surface area contributed by atoms with Gasteiger partial charge in [0.05, 0.1) is 13.3 Å². The highest BCUT2D eigenvalue weighted by Gasteiger charge is 2.43. The lowest BCUT2D eigenvalue weighted by atomic mass is 10.1. The zero-order valence-electron chi connectivity index (χ0n) is 14.2. The lowest BCUT2D eigenvalue weighted by Crippen LogP contribution is -2.40. The van der Waals surface area contributed by atoms with Gasteiger partial charge in [0.15, 0.2) is 11.5 Å². The van der Waals surface area contributed by atoms with Gasteiger partial charge in [0.2, 0.25) is 5.91 Å². The maximum atomic E-state index is 12.0. The van der Waals surface area contributed by atoms with Crippen LogP contribution in [0.15, 0.2) is 23.3 Å². The van der Waals surface area contributed by atoms with E-state index in [1.54, 1.807) is 32.0 Å². The van der Waals surface area contributed by atoms with Crippen LogP contribution in [0.5, 0.6) is 11.5 Å². The largest absolute Gasteiger partial charge is 0.504 e. The van der Waals surface area contributed by atoms with E-state index in [0.717, 1.165) is 4.90 Å². The molecule has 1 aliphatic heterocycles. The molecule has 3 N–H and O–H groups in total. The zero-order chi connectivity index (χ0) is 18.6. The van der Waals surface area contributed by atoms with E-state index in [4.69, 9.17) is 4.74 Å². The second-order valence-electron chi connectivity index (χ2n) is 5.95. The summed E-state index contributed by atoms with van der Waals surface area (Å²) in [5, 5.41) is 16.2. The predicted octanol–water partition coefficient (Wildman–Crippen LogP) is 0.571. The van der Waals surface area contributed by atoms with Gasteiger partial charge < -0.3 is 15.2 Å². The number of nitrogens with one attached hydrogen (secondary N) is 2. The van der Waals surface area contributed by atoms with E-state index in [9.17, 15) is 19.5 Å². The van der Waals surface area contributed by atoms with Crippen LogP contribution in [0.3, 0.4) is 0 Å². The van der Waals surface area contributed by atoms with E-state index >= 15 is 0 Å². The van der Waals surface area contributed by atoms with Crippen molar-refractivity contribution in [2.75, 3.05) is 13.7 Å². The second-order valence-corrected chi connectivity index (χ2v) is 5.95. The Bertz CT molecular complexity index is 729. The number of ether oxygens (including phenoxy) is 1. The van der Waals surface area contributed by atoms with Crippen molar-refractivity contribution in [3.8, 4) is 11.5 Å². The van der Waals surface area contributed by atoms with Crippen LogP contribution in [0, 0.1) is 0 Å². The molecule has 0 aromatic heterocycles. The van der Waals surface area contributed by atoms with Gasteiger partial charge in [0.25, 0.3) is 5.91 Å². The molecule has 9 nitrogen and oxygen atoms in total. The number of phenolic OH excluding ortho intramolecular Hbond substituents is 1. The molecule has 2 rings (SSSR count). The molecule has 0 saturated carbocycles. The van der Waals surface area contributed by atoms with Crippen molar-refractivity contribution in [1.82, 2.24) is 15.6 Å². The summed E-state index contributed by atoms with van der Waals surface area (Å²) in [7, 11) is 1.43. The molecular formula is C16H20N4O5. The highest BCUT2D eigenvalue weighted by atomic mass is 16.5. The summed E-state index contributed by atoms with van der Waals surface area (Å²) in [5.41, 5.74) is 1.69. The smallest absolute Gasteiger partial charge is 0.325 e. The SMILES string of the molecule is COc1cccc(/C=N/NC(=O)CCN2C(=O)NC(C)(C)C2=O)c1O. The number of phenols is 1. The minimum Gasteiger partial charge on any atom is -0.504 e. The average Bonchev–Trinajstić information content (AvgIpc) is 2.75. The van der Waals surface area contributed by atoms with Gasteiger partial charge in [-0.05, 0) is 26.0 Å². The molecule has 1 heterocycles. The van der Waals surface area contributed by atoms with E-state index in [1.165, 1.54) is 13.3 Å². The Morgan fingerprint density at radius 1 is 1.44 bits per heavy atom. The van der Waals surface area contributed by atoms with Gasteiger partial charge in [-0.2, -0.15) is 5.10 Å². The third kappa shape index (κ3) is 4.06. The highest BCUT2D eigenvalue weighted by molar-refractivity contribution is 6.06. The number of imide groups is 1. The molecule has 1 fully saturated rings. The summed E-state index contributed by atoms with van der Waals surface area (Å²) in [6.07, 6.45) is 1.18. The number of rotatable bonds is 6. The van der Waals surface area contributed by atoms with Crippen LogP contribution in [0.25, 0.3) is 0 Å². The molecule has 0 spiro atoms. The van der Waals surface area contributed by atoms with Gasteiger partial charge in [-0.1, -0.05) is 6.07 Å². The molecule has 134 valence electrons. The van der Waals surface area contributed by atoms with Crippen molar-refractivity contribution in [1.29, 1.82) is 0 Å².